The summed E-state index contributed by atoms with van der Waals surface area (Å²) < 4.78 is 59.8. The average Bonchev–Trinajstić information content (AvgIpc) is 2.64. The maximum atomic E-state index is 13.7. The third kappa shape index (κ3) is 6.68. The number of rotatable bonds is 3. The summed E-state index contributed by atoms with van der Waals surface area (Å²) in [5, 5.41) is 10.8. The van der Waals surface area contributed by atoms with Crippen molar-refractivity contribution in [3.05, 3.63) is 23.8 Å². The van der Waals surface area contributed by atoms with Gasteiger partial charge in [-0.25, -0.2) is 14.0 Å². The zero-order valence-corrected chi connectivity index (χ0v) is 14.7. The first-order valence-electron chi connectivity index (χ1n) is 8.06. The number of ether oxygens (including phenoxy) is 2. The van der Waals surface area contributed by atoms with Crippen LogP contribution in [0.5, 0.6) is 0 Å². The summed E-state index contributed by atoms with van der Waals surface area (Å²) in [5.41, 5.74) is 5.46. The van der Waals surface area contributed by atoms with Crippen LogP contribution >= 0.6 is 0 Å². The predicted octanol–water partition coefficient (Wildman–Crippen LogP) is 1.19. The summed E-state index contributed by atoms with van der Waals surface area (Å²) in [6.07, 6.45) is -6.13. The first-order chi connectivity index (χ1) is 13.6. The van der Waals surface area contributed by atoms with E-state index in [4.69, 9.17) is 10.5 Å². The molecule has 13 heteroatoms. The molecular weight excluding hydrogens is 404 g/mol. The number of alkyl halides is 3. The van der Waals surface area contributed by atoms with Crippen molar-refractivity contribution in [2.75, 3.05) is 32.0 Å². The van der Waals surface area contributed by atoms with E-state index >= 15 is 0 Å². The highest BCUT2D eigenvalue weighted by molar-refractivity contribution is 5.68. The third-order valence-corrected chi connectivity index (χ3v) is 3.67. The molecule has 1 aromatic rings. The summed E-state index contributed by atoms with van der Waals surface area (Å²) in [5.74, 6) is 4.28. The van der Waals surface area contributed by atoms with Gasteiger partial charge in [0.2, 0.25) is 0 Å². The van der Waals surface area contributed by atoms with Crippen LogP contribution in [-0.4, -0.2) is 71.8 Å². The highest BCUT2D eigenvalue weighted by atomic mass is 19.4. The van der Waals surface area contributed by atoms with Crippen LogP contribution < -0.4 is 11.1 Å². The Balaban J connectivity index is 1.95. The second kappa shape index (κ2) is 9.28. The Kier molecular flexibility index (Phi) is 7.05. The van der Waals surface area contributed by atoms with Gasteiger partial charge in [-0.05, 0) is 0 Å². The molecule has 0 bridgehead atoms. The molecule has 1 saturated heterocycles. The molecule has 158 valence electrons. The highest BCUT2D eigenvalue weighted by Gasteiger charge is 2.33. The molecule has 2 amide bonds. The van der Waals surface area contributed by atoms with Gasteiger partial charge in [0.15, 0.2) is 5.82 Å². The number of aromatic nitrogens is 1. The molecular formula is C16H16F4N4O5. The van der Waals surface area contributed by atoms with E-state index in [1.54, 1.807) is 0 Å². The maximum absolute atomic E-state index is 13.7. The number of nitrogens with two attached hydrogens (primary N) is 1. The van der Waals surface area contributed by atoms with Gasteiger partial charge < -0.3 is 25.6 Å². The number of carbonyl (C=O) groups excluding carboxylic acids is 1. The van der Waals surface area contributed by atoms with Crippen molar-refractivity contribution in [2.45, 2.75) is 18.3 Å². The van der Waals surface area contributed by atoms with Gasteiger partial charge in [0.25, 0.3) is 0 Å². The van der Waals surface area contributed by atoms with Crippen molar-refractivity contribution in [1.29, 1.82) is 0 Å². The number of nitrogen functional groups attached to an aromatic ring is 1. The molecule has 2 heterocycles. The number of nitrogens with zero attached hydrogens (tertiary/aromatic N) is 2. The smallest absolute Gasteiger partial charge is 0.407 e. The number of pyridine rings is 1. The van der Waals surface area contributed by atoms with Gasteiger partial charge in [-0.2, -0.15) is 13.2 Å². The third-order valence-electron chi connectivity index (χ3n) is 3.67. The normalized spacial score (nSPS) is 19.1. The summed E-state index contributed by atoms with van der Waals surface area (Å²) in [6.45, 7) is -2.61. The average molecular weight is 420 g/mol. The second-order valence-corrected chi connectivity index (χ2v) is 5.83. The molecule has 1 aliphatic heterocycles. The number of hydrogen-bond acceptors (Lipinski definition) is 6. The molecule has 1 aromatic heterocycles. The Hall–Kier alpha value is -3.27. The number of anilines is 1. The van der Waals surface area contributed by atoms with Crippen LogP contribution in [0.15, 0.2) is 12.4 Å². The molecule has 0 spiro atoms. The van der Waals surface area contributed by atoms with Crippen LogP contribution in [0.1, 0.15) is 5.56 Å². The number of alkyl carbamates (subject to hydrolysis) is 1. The summed E-state index contributed by atoms with van der Waals surface area (Å²) in [4.78, 5) is 27.1. The minimum atomic E-state index is -4.61. The quantitative estimate of drug-likeness (QED) is 0.495. The van der Waals surface area contributed by atoms with Gasteiger partial charge in [-0.1, -0.05) is 11.8 Å². The standard InChI is InChI=1S/C16H16F4N4O5/c17-12-3-22-4-13(21)11(12)2-1-10-5-24(15(26)27)9(6-28-10)7-29-14(25)23-8-16(18,19)20/h3-4,9-10H,5-8,21H2,(H,23,25)(H,26,27)/t9-,10-/m1/s1. The van der Waals surface area contributed by atoms with E-state index in [0.717, 1.165) is 11.1 Å². The largest absolute Gasteiger partial charge is 0.465 e. The van der Waals surface area contributed by atoms with Crippen molar-refractivity contribution in [2.24, 2.45) is 0 Å². The van der Waals surface area contributed by atoms with Crippen molar-refractivity contribution >= 4 is 17.9 Å². The Morgan fingerprint density at radius 3 is 2.79 bits per heavy atom. The molecule has 1 fully saturated rings. The Morgan fingerprint density at radius 1 is 1.45 bits per heavy atom. The van der Waals surface area contributed by atoms with Crippen LogP contribution in [0.4, 0.5) is 32.8 Å². The molecule has 0 aromatic carbocycles. The fourth-order valence-corrected chi connectivity index (χ4v) is 2.29. The fraction of sp³-hybridized carbons (Fsp3) is 0.438. The Labute approximate surface area is 161 Å². The van der Waals surface area contributed by atoms with E-state index in [2.05, 4.69) is 21.6 Å². The predicted molar refractivity (Wildman–Crippen MR) is 89.1 cm³/mol. The summed E-state index contributed by atoms with van der Waals surface area (Å²) >= 11 is 0. The first-order valence-corrected chi connectivity index (χ1v) is 8.06. The van der Waals surface area contributed by atoms with E-state index in [1.807, 2.05) is 0 Å². The van der Waals surface area contributed by atoms with Gasteiger partial charge in [0.05, 0.1) is 42.8 Å². The number of morpholine rings is 1. The topological polar surface area (TPSA) is 127 Å². The van der Waals surface area contributed by atoms with Gasteiger partial charge in [-0.15, -0.1) is 0 Å². The molecule has 0 aliphatic carbocycles. The molecule has 0 saturated carbocycles. The zero-order valence-electron chi connectivity index (χ0n) is 14.7. The molecule has 4 N–H and O–H groups in total. The van der Waals surface area contributed by atoms with Crippen molar-refractivity contribution < 1.29 is 41.7 Å². The fourth-order valence-electron chi connectivity index (χ4n) is 2.29. The lowest BCUT2D eigenvalue weighted by atomic mass is 10.1. The maximum Gasteiger partial charge on any atom is 0.407 e. The zero-order chi connectivity index (χ0) is 21.6. The van der Waals surface area contributed by atoms with Crippen LogP contribution in [0.3, 0.4) is 0 Å². The van der Waals surface area contributed by atoms with Crippen LogP contribution in [0.25, 0.3) is 0 Å². The molecule has 2 atom stereocenters. The van der Waals surface area contributed by atoms with E-state index in [-0.39, 0.29) is 24.4 Å². The number of halogens is 4. The van der Waals surface area contributed by atoms with Gasteiger partial charge in [0, 0.05) is 0 Å². The molecule has 2 rings (SSSR count). The molecule has 0 unspecified atom stereocenters. The van der Waals surface area contributed by atoms with Gasteiger partial charge in [-0.3, -0.25) is 9.88 Å². The van der Waals surface area contributed by atoms with Gasteiger partial charge >= 0.3 is 18.4 Å². The van der Waals surface area contributed by atoms with Crippen molar-refractivity contribution in [3.63, 3.8) is 0 Å². The molecule has 9 nitrogen and oxygen atoms in total. The van der Waals surface area contributed by atoms with Gasteiger partial charge in [0.1, 0.15) is 19.3 Å². The second-order valence-electron chi connectivity index (χ2n) is 5.83. The minimum Gasteiger partial charge on any atom is -0.465 e. The lowest BCUT2D eigenvalue weighted by molar-refractivity contribution is -0.124. The lowest BCUT2D eigenvalue weighted by Gasteiger charge is -2.35. The molecule has 0 radical (unpaired) electrons. The van der Waals surface area contributed by atoms with Crippen LogP contribution in [-0.2, 0) is 9.47 Å². The summed E-state index contributed by atoms with van der Waals surface area (Å²) in [7, 11) is 0. The number of carbonyl (C=O) groups is 2. The van der Waals surface area contributed by atoms with E-state index in [0.29, 0.717) is 0 Å². The Morgan fingerprint density at radius 2 is 2.17 bits per heavy atom. The van der Waals surface area contributed by atoms with E-state index in [9.17, 15) is 32.3 Å². The summed E-state index contributed by atoms with van der Waals surface area (Å²) in [6, 6.07) is -0.954. The number of amides is 2. The monoisotopic (exact) mass is 420 g/mol. The van der Waals surface area contributed by atoms with Crippen LogP contribution in [0, 0.1) is 17.7 Å². The van der Waals surface area contributed by atoms with Crippen molar-refractivity contribution in [1.82, 2.24) is 15.2 Å². The molecule has 1 aliphatic rings. The first kappa shape index (κ1) is 22.0. The van der Waals surface area contributed by atoms with Crippen molar-refractivity contribution in [3.8, 4) is 11.8 Å². The van der Waals surface area contributed by atoms with E-state index < -0.39 is 49.5 Å². The number of carboxylic acid groups (broad SMARTS) is 1. The lowest BCUT2D eigenvalue weighted by Crippen LogP contribution is -2.54. The molecule has 29 heavy (non-hydrogen) atoms. The number of nitrogens with one attached hydrogen (secondary N) is 1. The number of hydrogen-bond donors (Lipinski definition) is 3. The SMILES string of the molecule is Nc1cncc(F)c1C#C[C@@H]1CN(C(=O)O)[C@@H](COC(=O)NCC(F)(F)F)CO1. The Bertz CT molecular complexity index is 804. The minimum absolute atomic E-state index is 0.000420. The highest BCUT2D eigenvalue weighted by Crippen LogP contribution is 2.16. The van der Waals surface area contributed by atoms with Crippen LogP contribution in [0.2, 0.25) is 0 Å². The van der Waals surface area contributed by atoms with E-state index in [1.165, 1.54) is 11.5 Å².